The molecule has 1 amide bonds. The topological polar surface area (TPSA) is 133 Å². The number of hydrogen-bond acceptors (Lipinski definition) is 6. The lowest BCUT2D eigenvalue weighted by atomic mass is 9.66. The summed E-state index contributed by atoms with van der Waals surface area (Å²) in [6.07, 6.45) is 9.71. The van der Waals surface area contributed by atoms with Crippen LogP contribution >= 0.6 is 0 Å². The summed E-state index contributed by atoms with van der Waals surface area (Å²) in [6.45, 7) is 0.239. The van der Waals surface area contributed by atoms with Crippen molar-refractivity contribution in [2.24, 2.45) is 22.8 Å². The average Bonchev–Trinajstić information content (AvgIpc) is 3.48. The summed E-state index contributed by atoms with van der Waals surface area (Å²) in [7, 11) is 0. The van der Waals surface area contributed by atoms with Gasteiger partial charge in [0.1, 0.15) is 5.69 Å². The smallest absolute Gasteiger partial charge is 0.248 e. The summed E-state index contributed by atoms with van der Waals surface area (Å²) < 4.78 is 1.90. The highest BCUT2D eigenvalue weighted by atomic mass is 16.3. The van der Waals surface area contributed by atoms with E-state index >= 15 is 0 Å². The molecule has 8 heteroatoms. The predicted octanol–water partition coefficient (Wildman–Crippen LogP) is 3.44. The van der Waals surface area contributed by atoms with E-state index in [9.17, 15) is 9.90 Å². The minimum Gasteiger partial charge on any atom is -0.390 e. The first-order valence-corrected chi connectivity index (χ1v) is 13.5. The Kier molecular flexibility index (Phi) is 6.63. The summed E-state index contributed by atoms with van der Waals surface area (Å²) >= 11 is 0. The molecule has 6 rings (SSSR count). The van der Waals surface area contributed by atoms with E-state index in [2.05, 4.69) is 51.1 Å². The second-order valence-electron chi connectivity index (χ2n) is 10.9. The van der Waals surface area contributed by atoms with Gasteiger partial charge in [-0.1, -0.05) is 30.2 Å². The molecule has 0 bridgehead atoms. The van der Waals surface area contributed by atoms with Crippen molar-refractivity contribution in [2.45, 2.75) is 57.7 Å². The van der Waals surface area contributed by atoms with Gasteiger partial charge in [0.15, 0.2) is 0 Å². The lowest BCUT2D eigenvalue weighted by Gasteiger charge is -2.40. The first-order valence-electron chi connectivity index (χ1n) is 13.5. The first kappa shape index (κ1) is 25.2. The summed E-state index contributed by atoms with van der Waals surface area (Å²) in [6, 6.07) is 13.9. The van der Waals surface area contributed by atoms with Gasteiger partial charge in [0, 0.05) is 11.6 Å². The molecule has 39 heavy (non-hydrogen) atoms. The molecule has 0 unspecified atom stereocenters. The van der Waals surface area contributed by atoms with E-state index in [1.165, 1.54) is 11.1 Å². The fraction of sp³-hybridized carbons (Fsp3) is 0.355. The van der Waals surface area contributed by atoms with Crippen molar-refractivity contribution in [1.82, 2.24) is 19.5 Å². The van der Waals surface area contributed by atoms with Gasteiger partial charge in [-0.25, -0.2) is 9.97 Å². The third kappa shape index (κ3) is 4.80. The lowest BCUT2D eigenvalue weighted by Crippen LogP contribution is -2.36. The molecule has 5 N–H and O–H groups in total. The summed E-state index contributed by atoms with van der Waals surface area (Å²) in [5.74, 6) is 6.19. The summed E-state index contributed by atoms with van der Waals surface area (Å²) in [5, 5.41) is 10.0. The highest BCUT2D eigenvalue weighted by Gasteiger charge is 2.45. The highest BCUT2D eigenvalue weighted by Crippen LogP contribution is 2.54. The van der Waals surface area contributed by atoms with Crippen LogP contribution in [0.2, 0.25) is 0 Å². The Morgan fingerprint density at radius 3 is 2.72 bits per heavy atom. The first-order chi connectivity index (χ1) is 19.0. The molecule has 1 fully saturated rings. The Morgan fingerprint density at radius 1 is 1.13 bits per heavy atom. The fourth-order valence-corrected chi connectivity index (χ4v) is 6.40. The molecule has 1 atom stereocenters. The molecule has 2 heterocycles. The standard InChI is InChI=1S/C31H32N6O2/c32-29-24-6-2-1-4-22(24)16-31(29)11-9-20(10-12-31)14-25-27(18-38)36-23(17-34-25)5-3-13-37-19-35-26-15-21(30(33)39)7-8-28(26)37/h1-2,4,6-8,15,17,19-20,29,38H,9-14,16,18,32H2,(H2,33,39)/t20?,29-,31?/m1/s1. The largest absolute Gasteiger partial charge is 0.390 e. The van der Waals surface area contributed by atoms with Crippen LogP contribution in [0, 0.1) is 23.2 Å². The van der Waals surface area contributed by atoms with Gasteiger partial charge in [0.25, 0.3) is 0 Å². The zero-order chi connectivity index (χ0) is 27.0. The Morgan fingerprint density at radius 2 is 1.95 bits per heavy atom. The highest BCUT2D eigenvalue weighted by molar-refractivity contribution is 5.96. The van der Waals surface area contributed by atoms with Gasteiger partial charge in [0.2, 0.25) is 5.91 Å². The van der Waals surface area contributed by atoms with Gasteiger partial charge in [-0.05, 0) is 85.1 Å². The third-order valence-electron chi connectivity index (χ3n) is 8.63. The number of carbonyl (C=O) groups excluding carboxylic acids is 1. The SMILES string of the molecule is NC(=O)c1ccc2c(c1)ncn2CC#Cc1cnc(CC2CCC3(CC2)Cc2ccccc2[C@H]3N)c(CO)n1. The molecule has 2 aliphatic carbocycles. The van der Waals surface area contributed by atoms with Gasteiger partial charge >= 0.3 is 0 Å². The lowest BCUT2D eigenvalue weighted by molar-refractivity contribution is 0.100. The molecule has 8 nitrogen and oxygen atoms in total. The number of amides is 1. The molecule has 2 aliphatic rings. The van der Waals surface area contributed by atoms with Crippen LogP contribution in [-0.4, -0.2) is 30.5 Å². The van der Waals surface area contributed by atoms with Crippen molar-refractivity contribution in [3.05, 3.63) is 88.8 Å². The maximum absolute atomic E-state index is 11.4. The van der Waals surface area contributed by atoms with Crippen LogP contribution in [0.1, 0.15) is 70.3 Å². The maximum atomic E-state index is 11.4. The Labute approximate surface area is 227 Å². The molecule has 4 aromatic rings. The van der Waals surface area contributed by atoms with Crippen LogP contribution in [0.3, 0.4) is 0 Å². The number of carbonyl (C=O) groups is 1. The summed E-state index contributed by atoms with van der Waals surface area (Å²) in [5.41, 5.74) is 19.0. The van der Waals surface area contributed by atoms with Gasteiger partial charge in [-0.2, -0.15) is 0 Å². The van der Waals surface area contributed by atoms with Gasteiger partial charge < -0.3 is 21.1 Å². The van der Waals surface area contributed by atoms with E-state index in [4.69, 9.17) is 11.5 Å². The number of nitrogens with two attached hydrogens (primary N) is 2. The van der Waals surface area contributed by atoms with E-state index in [1.54, 1.807) is 24.7 Å². The molecule has 2 aromatic heterocycles. The fourth-order valence-electron chi connectivity index (χ4n) is 6.40. The number of aliphatic hydroxyl groups is 1. The van der Waals surface area contributed by atoms with Crippen LogP contribution < -0.4 is 11.5 Å². The van der Waals surface area contributed by atoms with Crippen LogP contribution in [0.15, 0.2) is 55.0 Å². The minimum atomic E-state index is -0.482. The number of fused-ring (bicyclic) bond motifs is 2. The van der Waals surface area contributed by atoms with E-state index < -0.39 is 5.91 Å². The van der Waals surface area contributed by atoms with E-state index in [0.29, 0.717) is 34.9 Å². The Hall–Kier alpha value is -4.06. The van der Waals surface area contributed by atoms with E-state index in [-0.39, 0.29) is 18.1 Å². The van der Waals surface area contributed by atoms with Crippen molar-refractivity contribution in [3.8, 4) is 11.8 Å². The third-order valence-corrected chi connectivity index (χ3v) is 8.63. The number of aromatic nitrogens is 4. The predicted molar refractivity (Wildman–Crippen MR) is 148 cm³/mol. The molecule has 198 valence electrons. The second kappa shape index (κ2) is 10.3. The molecule has 0 aliphatic heterocycles. The Balaban J connectivity index is 1.10. The molecular weight excluding hydrogens is 488 g/mol. The van der Waals surface area contributed by atoms with Crippen LogP contribution in [0.25, 0.3) is 11.0 Å². The number of imidazole rings is 1. The average molecular weight is 521 g/mol. The number of aliphatic hydroxyl groups excluding tert-OH is 1. The van der Waals surface area contributed by atoms with Crippen molar-refractivity contribution in [3.63, 3.8) is 0 Å². The number of hydrogen-bond donors (Lipinski definition) is 3. The molecule has 0 radical (unpaired) electrons. The number of benzene rings is 2. The molecule has 1 spiro atoms. The molecular formula is C31H32N6O2. The van der Waals surface area contributed by atoms with Crippen molar-refractivity contribution in [2.75, 3.05) is 0 Å². The Bertz CT molecular complexity index is 1610. The molecule has 2 aromatic carbocycles. The van der Waals surface area contributed by atoms with Crippen LogP contribution in [0.4, 0.5) is 0 Å². The zero-order valence-corrected chi connectivity index (χ0v) is 21.8. The van der Waals surface area contributed by atoms with Gasteiger partial charge in [-0.15, -0.1) is 0 Å². The number of rotatable bonds is 5. The normalized spacial score (nSPS) is 22.0. The quantitative estimate of drug-likeness (QED) is 0.345. The minimum absolute atomic E-state index is 0.119. The van der Waals surface area contributed by atoms with E-state index in [0.717, 1.165) is 49.7 Å². The van der Waals surface area contributed by atoms with E-state index in [1.807, 2.05) is 10.6 Å². The maximum Gasteiger partial charge on any atom is 0.248 e. The monoisotopic (exact) mass is 520 g/mol. The number of nitrogens with zero attached hydrogens (tertiary/aromatic N) is 4. The van der Waals surface area contributed by atoms with Crippen molar-refractivity contribution < 1.29 is 9.90 Å². The van der Waals surface area contributed by atoms with Crippen LogP contribution in [0.5, 0.6) is 0 Å². The van der Waals surface area contributed by atoms with Crippen molar-refractivity contribution >= 4 is 16.9 Å². The zero-order valence-electron chi connectivity index (χ0n) is 21.8. The van der Waals surface area contributed by atoms with Crippen LogP contribution in [-0.2, 0) is 26.0 Å². The molecule has 0 saturated heterocycles. The van der Waals surface area contributed by atoms with Gasteiger partial charge in [0.05, 0.1) is 48.1 Å². The second-order valence-corrected chi connectivity index (χ2v) is 10.9. The van der Waals surface area contributed by atoms with Gasteiger partial charge in [-0.3, -0.25) is 9.78 Å². The van der Waals surface area contributed by atoms with Crippen molar-refractivity contribution in [1.29, 1.82) is 0 Å². The summed E-state index contributed by atoms with van der Waals surface area (Å²) in [4.78, 5) is 25.0. The molecule has 1 saturated carbocycles. The number of primary amides is 1.